The molecule has 0 radical (unpaired) electrons. The predicted molar refractivity (Wildman–Crippen MR) is 134 cm³/mol. The Morgan fingerprint density at radius 1 is 1.05 bits per heavy atom. The number of fused-ring (bicyclic) bond motifs is 3. The third-order valence-electron chi connectivity index (χ3n) is 7.60. The number of carbonyl (C=O) groups is 1. The number of hydrogen-bond donors (Lipinski definition) is 1. The molecule has 3 aliphatic rings. The molecule has 0 spiro atoms. The van der Waals surface area contributed by atoms with Crippen molar-refractivity contribution in [2.45, 2.75) is 47.5 Å². The summed E-state index contributed by atoms with van der Waals surface area (Å²) >= 11 is 5.96. The van der Waals surface area contributed by atoms with Crippen molar-refractivity contribution in [3.05, 3.63) is 58.6 Å². The molecule has 4 unspecified atom stereocenters. The van der Waals surface area contributed by atoms with E-state index in [1.54, 1.807) is 0 Å². The zero-order valence-corrected chi connectivity index (χ0v) is 22.6. The molecule has 2 saturated heterocycles. The first-order valence-electron chi connectivity index (χ1n) is 12.2. The summed E-state index contributed by atoms with van der Waals surface area (Å²) in [6.45, 7) is -0.439. The highest BCUT2D eigenvalue weighted by Gasteiger charge is 2.61. The number of ether oxygens (including phenoxy) is 2. The summed E-state index contributed by atoms with van der Waals surface area (Å²) < 4.78 is 94.0. The highest BCUT2D eigenvalue weighted by Crippen LogP contribution is 2.56. The minimum absolute atomic E-state index is 0.0822. The van der Waals surface area contributed by atoms with Crippen LogP contribution >= 0.6 is 11.6 Å². The molecule has 1 amide bonds. The van der Waals surface area contributed by atoms with E-state index in [4.69, 9.17) is 21.1 Å². The molecular formula is C25H26ClF2NO7S2. The number of amides is 1. The minimum atomic E-state index is -4.39. The van der Waals surface area contributed by atoms with Gasteiger partial charge in [0.25, 0.3) is 0 Å². The fourth-order valence-corrected chi connectivity index (χ4v) is 9.91. The van der Waals surface area contributed by atoms with Crippen molar-refractivity contribution in [3.63, 3.8) is 0 Å². The summed E-state index contributed by atoms with van der Waals surface area (Å²) in [5, 5.41) is 2.93. The summed E-state index contributed by atoms with van der Waals surface area (Å²) in [5.74, 6) is -4.11. The van der Waals surface area contributed by atoms with Crippen LogP contribution in [-0.4, -0.2) is 59.6 Å². The lowest BCUT2D eigenvalue weighted by Gasteiger charge is -2.50. The first-order valence-corrected chi connectivity index (χ1v) is 15.9. The molecule has 3 heterocycles. The fraction of sp³-hybridized carbons (Fsp3) is 0.480. The molecule has 2 fully saturated rings. The van der Waals surface area contributed by atoms with Gasteiger partial charge in [0.15, 0.2) is 31.2 Å². The van der Waals surface area contributed by atoms with Crippen LogP contribution in [0.4, 0.5) is 8.78 Å². The molecule has 13 heteroatoms. The Labute approximate surface area is 224 Å². The number of sulfone groups is 2. The van der Waals surface area contributed by atoms with E-state index in [-0.39, 0.29) is 54.8 Å². The van der Waals surface area contributed by atoms with Crippen molar-refractivity contribution in [2.24, 2.45) is 5.92 Å². The van der Waals surface area contributed by atoms with Gasteiger partial charge in [-0.25, -0.2) is 25.6 Å². The van der Waals surface area contributed by atoms with Gasteiger partial charge in [0.1, 0.15) is 10.6 Å². The Hall–Kier alpha value is -2.28. The van der Waals surface area contributed by atoms with E-state index in [9.17, 15) is 26.0 Å². The van der Waals surface area contributed by atoms with Crippen LogP contribution < -0.4 is 10.1 Å². The van der Waals surface area contributed by atoms with Crippen molar-refractivity contribution in [1.29, 1.82) is 0 Å². The van der Waals surface area contributed by atoms with Crippen LogP contribution in [0.3, 0.4) is 0 Å². The Morgan fingerprint density at radius 3 is 2.45 bits per heavy atom. The van der Waals surface area contributed by atoms with Crippen LogP contribution in [0.5, 0.6) is 5.75 Å². The maximum absolute atomic E-state index is 15.4. The summed E-state index contributed by atoms with van der Waals surface area (Å²) in [4.78, 5) is 11.3. The van der Waals surface area contributed by atoms with E-state index in [2.05, 4.69) is 5.32 Å². The summed E-state index contributed by atoms with van der Waals surface area (Å²) in [7, 11) is -8.03. The molecule has 206 valence electrons. The third-order valence-corrected chi connectivity index (χ3v) is 12.2. The second kappa shape index (κ2) is 10.0. The van der Waals surface area contributed by atoms with Crippen molar-refractivity contribution >= 4 is 37.2 Å². The standard InChI is InChI=1S/C25H26ClF2NO7S2/c26-15-1-4-17(5-2-15)38(33,34)25-10-11-35-21(9-12-37(31,32)14-16-3-8-22(30)29-16)18(25)13-36-24-20(28)7-6-19(27)23(24)25/h1-2,4-7,16,18,21H,3,8-14H2,(H,29,30). The smallest absolute Gasteiger partial charge is 0.220 e. The lowest BCUT2D eigenvalue weighted by Crippen LogP contribution is -2.57. The molecule has 0 bridgehead atoms. The first-order chi connectivity index (χ1) is 17.9. The molecule has 2 aromatic carbocycles. The Morgan fingerprint density at radius 2 is 1.76 bits per heavy atom. The number of carbonyl (C=O) groups excluding carboxylic acids is 1. The van der Waals surface area contributed by atoms with Crippen molar-refractivity contribution < 1.29 is 39.9 Å². The summed E-state index contributed by atoms with van der Waals surface area (Å²) in [5.41, 5.74) is -0.409. The van der Waals surface area contributed by atoms with E-state index in [1.165, 1.54) is 24.3 Å². The SMILES string of the molecule is O=C1CCC(CS(=O)(=O)CCC2OCCC3(S(=O)(=O)c4ccc(Cl)cc4)c4c(F)ccc(F)c4OCC23)N1. The Balaban J connectivity index is 1.53. The van der Waals surface area contributed by atoms with E-state index in [0.717, 1.165) is 12.1 Å². The van der Waals surface area contributed by atoms with E-state index >= 15 is 4.39 Å². The average Bonchev–Trinajstić information content (AvgIpc) is 3.28. The highest BCUT2D eigenvalue weighted by molar-refractivity contribution is 7.92. The van der Waals surface area contributed by atoms with Crippen molar-refractivity contribution in [2.75, 3.05) is 24.7 Å². The van der Waals surface area contributed by atoms with Crippen LogP contribution in [0.15, 0.2) is 41.3 Å². The predicted octanol–water partition coefficient (Wildman–Crippen LogP) is 3.17. The maximum atomic E-state index is 15.4. The quantitative estimate of drug-likeness (QED) is 0.527. The Bertz CT molecular complexity index is 1470. The molecule has 0 aliphatic carbocycles. The highest BCUT2D eigenvalue weighted by atomic mass is 35.5. The van der Waals surface area contributed by atoms with Crippen molar-refractivity contribution in [1.82, 2.24) is 5.32 Å². The van der Waals surface area contributed by atoms with Crippen LogP contribution in [0.1, 0.15) is 31.2 Å². The van der Waals surface area contributed by atoms with Gasteiger partial charge in [0.05, 0.1) is 34.7 Å². The fourth-order valence-electron chi connectivity index (χ4n) is 5.82. The second-order valence-corrected chi connectivity index (χ2v) is 14.7. The van der Waals surface area contributed by atoms with Gasteiger partial charge in [0.2, 0.25) is 5.91 Å². The van der Waals surface area contributed by atoms with E-state index < -0.39 is 65.4 Å². The molecule has 0 aromatic heterocycles. The van der Waals surface area contributed by atoms with Crippen LogP contribution in [0.25, 0.3) is 0 Å². The third kappa shape index (κ3) is 4.69. The monoisotopic (exact) mass is 589 g/mol. The normalized spacial score (nSPS) is 27.2. The molecule has 4 atom stereocenters. The molecule has 38 heavy (non-hydrogen) atoms. The average molecular weight is 590 g/mol. The van der Waals surface area contributed by atoms with Crippen molar-refractivity contribution in [3.8, 4) is 5.75 Å². The number of nitrogens with one attached hydrogen (secondary N) is 1. The molecule has 3 aliphatic heterocycles. The van der Waals surface area contributed by atoms with Gasteiger partial charge >= 0.3 is 0 Å². The zero-order valence-electron chi connectivity index (χ0n) is 20.2. The molecule has 0 saturated carbocycles. The molecule has 2 aromatic rings. The molecule has 1 N–H and O–H groups in total. The van der Waals surface area contributed by atoms with E-state index in [1.807, 2.05) is 0 Å². The van der Waals surface area contributed by atoms with Gasteiger partial charge < -0.3 is 14.8 Å². The minimum Gasteiger partial charge on any atom is -0.490 e. The van der Waals surface area contributed by atoms with Crippen LogP contribution in [0, 0.1) is 17.6 Å². The zero-order chi connectivity index (χ0) is 27.3. The van der Waals surface area contributed by atoms with E-state index in [0.29, 0.717) is 11.4 Å². The number of benzene rings is 2. The lowest BCUT2D eigenvalue weighted by atomic mass is 9.75. The number of rotatable bonds is 7. The van der Waals surface area contributed by atoms with Gasteiger partial charge in [-0.3, -0.25) is 4.79 Å². The largest absolute Gasteiger partial charge is 0.490 e. The maximum Gasteiger partial charge on any atom is 0.220 e. The van der Waals surface area contributed by atoms with Gasteiger partial charge in [-0.05, 0) is 55.7 Å². The second-order valence-electron chi connectivity index (χ2n) is 9.86. The number of halogens is 3. The molecule has 8 nitrogen and oxygen atoms in total. The summed E-state index contributed by atoms with van der Waals surface area (Å²) in [6.07, 6.45) is -0.524. The molecular weight excluding hydrogens is 564 g/mol. The van der Waals surface area contributed by atoms with Gasteiger partial charge in [-0.1, -0.05) is 11.6 Å². The summed E-state index contributed by atoms with van der Waals surface area (Å²) in [6, 6.07) is 6.67. The van der Waals surface area contributed by atoms with Crippen LogP contribution in [-0.2, 0) is 34.0 Å². The van der Waals surface area contributed by atoms with Crippen LogP contribution in [0.2, 0.25) is 5.02 Å². The topological polar surface area (TPSA) is 116 Å². The number of hydrogen-bond acceptors (Lipinski definition) is 7. The van der Waals surface area contributed by atoms with Gasteiger partial charge in [-0.15, -0.1) is 0 Å². The molecule has 5 rings (SSSR count). The van der Waals surface area contributed by atoms with Gasteiger partial charge in [0, 0.05) is 30.0 Å². The lowest BCUT2D eigenvalue weighted by molar-refractivity contribution is -0.119. The van der Waals surface area contributed by atoms with Gasteiger partial charge in [-0.2, -0.15) is 0 Å². The Kier molecular flexibility index (Phi) is 7.21. The first kappa shape index (κ1) is 27.3.